The number of amides is 2. The number of piperidine rings is 1. The molecule has 0 aromatic heterocycles. The molecule has 2 fully saturated rings. The van der Waals surface area contributed by atoms with E-state index < -0.39 is 23.6 Å². The molecule has 1 aromatic rings. The molecule has 2 aliphatic rings. The first-order valence-corrected chi connectivity index (χ1v) is 14.2. The number of carbonyl (C=O) groups is 1. The fraction of sp³-hybridized carbons (Fsp3) is 0.750. The Kier molecular flexibility index (Phi) is 11.9. The first kappa shape index (κ1) is 30.1. The highest BCUT2D eigenvalue weighted by molar-refractivity contribution is 6.31. The monoisotopic (exact) mass is 541 g/mol. The Morgan fingerprint density at radius 2 is 2.00 bits per heavy atom. The van der Waals surface area contributed by atoms with E-state index in [9.17, 15) is 19.4 Å². The zero-order valence-electron chi connectivity index (χ0n) is 22.4. The van der Waals surface area contributed by atoms with Crippen LogP contribution in [0.15, 0.2) is 18.2 Å². The number of nitrogens with zero attached hydrogens (tertiary/aromatic N) is 1. The van der Waals surface area contributed by atoms with E-state index >= 15 is 0 Å². The van der Waals surface area contributed by atoms with Crippen LogP contribution in [-0.2, 0) is 10.3 Å². The van der Waals surface area contributed by atoms with Crippen molar-refractivity contribution in [1.82, 2.24) is 15.5 Å². The third kappa shape index (κ3) is 7.79. The predicted molar refractivity (Wildman–Crippen MR) is 144 cm³/mol. The summed E-state index contributed by atoms with van der Waals surface area (Å²) in [4.78, 5) is 15.1. The maximum atomic E-state index is 14.4. The largest absolute Gasteiger partial charge is 0.391 e. The number of benzene rings is 1. The predicted octanol–water partition coefficient (Wildman–Crippen LogP) is 4.43. The van der Waals surface area contributed by atoms with Crippen molar-refractivity contribution >= 4 is 17.6 Å². The average molecular weight is 542 g/mol. The van der Waals surface area contributed by atoms with Crippen LogP contribution in [0, 0.1) is 17.7 Å². The second kappa shape index (κ2) is 14.6. The molecule has 37 heavy (non-hydrogen) atoms. The van der Waals surface area contributed by atoms with E-state index in [1.54, 1.807) is 24.1 Å². The van der Waals surface area contributed by atoms with Gasteiger partial charge in [0.25, 0.3) is 0 Å². The minimum absolute atomic E-state index is 0.0667. The number of rotatable bonds is 12. The zero-order valence-corrected chi connectivity index (χ0v) is 23.1. The van der Waals surface area contributed by atoms with Crippen LogP contribution in [0.4, 0.5) is 9.18 Å². The number of hydrogen-bond donors (Lipinski definition) is 4. The van der Waals surface area contributed by atoms with Crippen molar-refractivity contribution in [3.8, 4) is 0 Å². The van der Waals surface area contributed by atoms with Gasteiger partial charge in [-0.2, -0.15) is 0 Å². The van der Waals surface area contributed by atoms with Gasteiger partial charge >= 0.3 is 6.03 Å². The van der Waals surface area contributed by atoms with Crippen LogP contribution in [0.25, 0.3) is 0 Å². The van der Waals surface area contributed by atoms with E-state index in [2.05, 4.69) is 10.6 Å². The van der Waals surface area contributed by atoms with E-state index in [0.717, 1.165) is 32.1 Å². The number of likely N-dealkylation sites (tertiary alicyclic amines) is 1. The lowest BCUT2D eigenvalue weighted by molar-refractivity contribution is -0.0567. The number of aliphatic hydroxyl groups is 2. The highest BCUT2D eigenvalue weighted by atomic mass is 35.5. The third-order valence-electron chi connectivity index (χ3n) is 8.24. The maximum absolute atomic E-state index is 14.4. The van der Waals surface area contributed by atoms with Gasteiger partial charge in [-0.15, -0.1) is 0 Å². The molecule has 1 aliphatic heterocycles. The van der Waals surface area contributed by atoms with Gasteiger partial charge in [0, 0.05) is 44.8 Å². The normalized spacial score (nSPS) is 22.3. The standard InChI is InChI=1S/C28H45ClFN3O4/c1-31-18-24(26(34)20-10-4-3-5-11-20)32-27(35)33-16-9-12-21(19-33)28(36,15-6-7-17-37-2)22-13-8-14-23(30)25(22)29/h8,13-14,20-21,24,26,31,34,36H,3-7,9-12,15-19H2,1-2H3,(H,32,35)/t21-,24-,26-,28+/m1/s1. The van der Waals surface area contributed by atoms with Gasteiger partial charge in [-0.1, -0.05) is 43.0 Å². The first-order valence-electron chi connectivity index (χ1n) is 13.9. The molecule has 4 N–H and O–H groups in total. The lowest BCUT2D eigenvalue weighted by Crippen LogP contribution is -2.57. The van der Waals surface area contributed by atoms with Crippen molar-refractivity contribution in [3.05, 3.63) is 34.6 Å². The summed E-state index contributed by atoms with van der Waals surface area (Å²) >= 11 is 6.36. The average Bonchev–Trinajstić information content (AvgIpc) is 2.92. The molecule has 1 aliphatic carbocycles. The van der Waals surface area contributed by atoms with E-state index in [4.69, 9.17) is 16.3 Å². The molecule has 7 nitrogen and oxygen atoms in total. The summed E-state index contributed by atoms with van der Waals surface area (Å²) in [6, 6.07) is 3.90. The summed E-state index contributed by atoms with van der Waals surface area (Å²) in [6.07, 6.45) is 8.01. The van der Waals surface area contributed by atoms with Crippen LogP contribution in [0.2, 0.25) is 5.02 Å². The van der Waals surface area contributed by atoms with Crippen molar-refractivity contribution in [3.63, 3.8) is 0 Å². The number of unbranched alkanes of at least 4 members (excludes halogenated alkanes) is 1. The minimum Gasteiger partial charge on any atom is -0.391 e. The number of carbonyl (C=O) groups excluding carboxylic acids is 1. The molecular formula is C28H45ClFN3O4. The Balaban J connectivity index is 1.75. The van der Waals surface area contributed by atoms with Crippen molar-refractivity contribution in [2.24, 2.45) is 11.8 Å². The van der Waals surface area contributed by atoms with E-state index in [1.165, 1.54) is 12.5 Å². The summed E-state index contributed by atoms with van der Waals surface area (Å²) in [5.74, 6) is -0.680. The molecule has 210 valence electrons. The third-order valence-corrected chi connectivity index (χ3v) is 8.62. The molecule has 0 bridgehead atoms. The van der Waals surface area contributed by atoms with Crippen molar-refractivity contribution in [1.29, 1.82) is 0 Å². The van der Waals surface area contributed by atoms with Crippen LogP contribution < -0.4 is 10.6 Å². The van der Waals surface area contributed by atoms with Crippen LogP contribution in [0.1, 0.15) is 69.8 Å². The summed E-state index contributed by atoms with van der Waals surface area (Å²) < 4.78 is 19.6. The number of methoxy groups -OCH3 is 1. The highest BCUT2D eigenvalue weighted by Gasteiger charge is 2.43. The lowest BCUT2D eigenvalue weighted by atomic mass is 9.74. The summed E-state index contributed by atoms with van der Waals surface area (Å²) in [7, 11) is 3.45. The van der Waals surface area contributed by atoms with Gasteiger partial charge in [0.2, 0.25) is 0 Å². The van der Waals surface area contributed by atoms with E-state index in [0.29, 0.717) is 57.5 Å². The van der Waals surface area contributed by atoms with Crippen LogP contribution in [0.3, 0.4) is 0 Å². The maximum Gasteiger partial charge on any atom is 0.317 e. The second-order valence-corrected chi connectivity index (χ2v) is 11.1. The fourth-order valence-corrected chi connectivity index (χ4v) is 6.41. The van der Waals surface area contributed by atoms with E-state index in [-0.39, 0.29) is 22.9 Å². The first-order chi connectivity index (χ1) is 17.8. The molecule has 9 heteroatoms. The smallest absolute Gasteiger partial charge is 0.317 e. The van der Waals surface area contributed by atoms with Crippen LogP contribution >= 0.6 is 11.6 Å². The van der Waals surface area contributed by atoms with Crippen molar-refractivity contribution in [2.45, 2.75) is 82.0 Å². The number of aliphatic hydroxyl groups excluding tert-OH is 1. The summed E-state index contributed by atoms with van der Waals surface area (Å²) in [6.45, 7) is 1.93. The van der Waals surface area contributed by atoms with Gasteiger partial charge in [0.05, 0.1) is 22.8 Å². The summed E-state index contributed by atoms with van der Waals surface area (Å²) in [5, 5.41) is 29.2. The van der Waals surface area contributed by atoms with Crippen LogP contribution in [0.5, 0.6) is 0 Å². The highest BCUT2D eigenvalue weighted by Crippen LogP contribution is 2.43. The van der Waals surface area contributed by atoms with Gasteiger partial charge in [-0.05, 0) is 64.0 Å². The molecule has 4 atom stereocenters. The Bertz CT molecular complexity index is 857. The molecule has 1 aromatic carbocycles. The molecule has 1 saturated carbocycles. The van der Waals surface area contributed by atoms with Crippen molar-refractivity contribution < 1.29 is 24.1 Å². The molecule has 1 saturated heterocycles. The SMILES string of the molecule is CNC[C@@H](NC(=O)N1CCC[C@@H]([C@@](O)(CCCCOC)c2cccc(F)c2Cl)C1)[C@H](O)C1CCCCC1. The number of likely N-dealkylation sites (N-methyl/N-ethyl adjacent to an activating group) is 1. The Hall–Kier alpha value is -1.45. The number of urea groups is 1. The molecule has 2 amide bonds. The topological polar surface area (TPSA) is 94.1 Å². The quantitative estimate of drug-likeness (QED) is 0.294. The molecular weight excluding hydrogens is 497 g/mol. The molecule has 0 spiro atoms. The zero-order chi connectivity index (χ0) is 26.8. The number of halogens is 2. The Morgan fingerprint density at radius 1 is 1.24 bits per heavy atom. The minimum atomic E-state index is -1.38. The Labute approximate surface area is 226 Å². The molecule has 1 heterocycles. The van der Waals surface area contributed by atoms with Gasteiger partial charge < -0.3 is 30.5 Å². The molecule has 3 rings (SSSR count). The fourth-order valence-electron chi connectivity index (χ4n) is 6.12. The number of ether oxygens (including phenoxy) is 1. The van der Waals surface area contributed by atoms with Crippen LogP contribution in [-0.4, -0.2) is 73.7 Å². The molecule has 0 radical (unpaired) electrons. The van der Waals surface area contributed by atoms with Gasteiger partial charge in [0.15, 0.2) is 0 Å². The van der Waals surface area contributed by atoms with E-state index in [1.807, 2.05) is 7.05 Å². The summed E-state index contributed by atoms with van der Waals surface area (Å²) in [5.41, 5.74) is -1.00. The molecule has 0 unspecified atom stereocenters. The number of nitrogens with one attached hydrogen (secondary N) is 2. The van der Waals surface area contributed by atoms with Gasteiger partial charge in [-0.3, -0.25) is 0 Å². The van der Waals surface area contributed by atoms with Gasteiger partial charge in [-0.25, -0.2) is 9.18 Å². The number of hydrogen-bond acceptors (Lipinski definition) is 5. The second-order valence-electron chi connectivity index (χ2n) is 10.8. The van der Waals surface area contributed by atoms with Crippen molar-refractivity contribution in [2.75, 3.05) is 40.4 Å². The Morgan fingerprint density at radius 3 is 2.70 bits per heavy atom. The lowest BCUT2D eigenvalue weighted by Gasteiger charge is -2.43. The van der Waals surface area contributed by atoms with Gasteiger partial charge in [0.1, 0.15) is 5.82 Å².